The smallest absolute Gasteiger partial charge is 0.327 e. The molecule has 1 aliphatic rings. The molecule has 0 saturated carbocycles. The van der Waals surface area contributed by atoms with E-state index in [4.69, 9.17) is 4.99 Å². The van der Waals surface area contributed by atoms with Crippen molar-refractivity contribution in [3.63, 3.8) is 0 Å². The first-order valence-corrected chi connectivity index (χ1v) is 10.5. The van der Waals surface area contributed by atoms with Crippen LogP contribution in [0.5, 0.6) is 0 Å². The summed E-state index contributed by atoms with van der Waals surface area (Å²) in [6, 6.07) is 25.8. The Balaban J connectivity index is 1.76. The van der Waals surface area contributed by atoms with Crippen molar-refractivity contribution in [2.45, 2.75) is 12.6 Å². The fraction of sp³-hybridized carbons (Fsp3) is 0.154. The van der Waals surface area contributed by atoms with Crippen molar-refractivity contribution in [3.8, 4) is 6.07 Å². The first-order chi connectivity index (χ1) is 16.1. The zero-order chi connectivity index (χ0) is 23.2. The van der Waals surface area contributed by atoms with Crippen LogP contribution in [0.4, 0.5) is 5.69 Å². The monoisotopic (exact) mass is 438 g/mol. The Morgan fingerprint density at radius 1 is 1.06 bits per heavy atom. The van der Waals surface area contributed by atoms with Gasteiger partial charge in [0.1, 0.15) is 12.1 Å². The van der Waals surface area contributed by atoms with Gasteiger partial charge in [0, 0.05) is 24.2 Å². The molecule has 1 fully saturated rings. The van der Waals surface area contributed by atoms with Crippen molar-refractivity contribution in [1.82, 2.24) is 10.2 Å². The SMILES string of the molecule is N#Cc1ccc(CN2C(=O)CNCC2C(=O)O)cc1N=C(c1ccccc1)c1ccccc1. The summed E-state index contributed by atoms with van der Waals surface area (Å²) in [5, 5.41) is 22.0. The zero-order valence-corrected chi connectivity index (χ0v) is 17.8. The van der Waals surface area contributed by atoms with Gasteiger partial charge in [-0.3, -0.25) is 4.79 Å². The molecule has 2 N–H and O–H groups in total. The second-order valence-electron chi connectivity index (χ2n) is 7.66. The lowest BCUT2D eigenvalue weighted by Crippen LogP contribution is -2.57. The van der Waals surface area contributed by atoms with Crippen LogP contribution in [0.3, 0.4) is 0 Å². The summed E-state index contributed by atoms with van der Waals surface area (Å²) in [5.74, 6) is -1.34. The molecule has 0 aliphatic carbocycles. The lowest BCUT2D eigenvalue weighted by Gasteiger charge is -2.33. The van der Waals surface area contributed by atoms with Gasteiger partial charge in [0.05, 0.1) is 23.5 Å². The number of carboxylic acid groups (broad SMARTS) is 1. The molecular formula is C26H22N4O3. The summed E-state index contributed by atoms with van der Waals surface area (Å²) >= 11 is 0. The van der Waals surface area contributed by atoms with E-state index < -0.39 is 12.0 Å². The van der Waals surface area contributed by atoms with Gasteiger partial charge in [-0.2, -0.15) is 5.26 Å². The molecule has 0 radical (unpaired) electrons. The Bertz CT molecular complexity index is 1190. The van der Waals surface area contributed by atoms with Crippen molar-refractivity contribution in [3.05, 3.63) is 101 Å². The number of nitriles is 1. The second kappa shape index (κ2) is 9.90. The average Bonchev–Trinajstić information content (AvgIpc) is 2.85. The van der Waals surface area contributed by atoms with Gasteiger partial charge in [-0.1, -0.05) is 66.7 Å². The van der Waals surface area contributed by atoms with Gasteiger partial charge < -0.3 is 15.3 Å². The molecule has 0 bridgehead atoms. The van der Waals surface area contributed by atoms with Crippen LogP contribution in [-0.4, -0.2) is 46.7 Å². The Kier molecular flexibility index (Phi) is 6.58. The zero-order valence-electron chi connectivity index (χ0n) is 17.8. The van der Waals surface area contributed by atoms with Crippen LogP contribution in [0.15, 0.2) is 83.9 Å². The molecular weight excluding hydrogens is 416 g/mol. The van der Waals surface area contributed by atoms with Crippen molar-refractivity contribution < 1.29 is 14.7 Å². The lowest BCUT2D eigenvalue weighted by molar-refractivity contribution is -0.152. The van der Waals surface area contributed by atoms with Crippen molar-refractivity contribution in [2.24, 2.45) is 4.99 Å². The molecule has 0 aromatic heterocycles. The third-order valence-electron chi connectivity index (χ3n) is 5.46. The van der Waals surface area contributed by atoms with Crippen molar-refractivity contribution in [1.29, 1.82) is 5.26 Å². The maximum absolute atomic E-state index is 12.4. The summed E-state index contributed by atoms with van der Waals surface area (Å²) in [6.45, 7) is 0.406. The first kappa shape index (κ1) is 21.9. The number of carbonyl (C=O) groups excluding carboxylic acids is 1. The van der Waals surface area contributed by atoms with E-state index in [1.54, 1.807) is 18.2 Å². The summed E-state index contributed by atoms with van der Waals surface area (Å²) in [4.78, 5) is 30.2. The molecule has 7 heteroatoms. The highest BCUT2D eigenvalue weighted by atomic mass is 16.4. The van der Waals surface area contributed by atoms with Gasteiger partial charge in [0.25, 0.3) is 0 Å². The molecule has 3 aromatic rings. The van der Waals surface area contributed by atoms with Crippen LogP contribution < -0.4 is 5.32 Å². The number of aliphatic carboxylic acids is 1. The fourth-order valence-electron chi connectivity index (χ4n) is 3.79. The average molecular weight is 438 g/mol. The standard InChI is InChI=1S/C26H22N4O3/c27-14-21-12-11-18(17-30-23(26(32)33)15-28-16-24(30)31)13-22(21)29-25(19-7-3-1-4-8-19)20-9-5-2-6-10-20/h1-13,23,28H,15-17H2,(H,32,33). The molecule has 1 amide bonds. The number of rotatable bonds is 6. The number of hydrogen-bond acceptors (Lipinski definition) is 5. The number of carbonyl (C=O) groups is 2. The summed E-state index contributed by atoms with van der Waals surface area (Å²) < 4.78 is 0. The molecule has 1 aliphatic heterocycles. The maximum Gasteiger partial charge on any atom is 0.327 e. The van der Waals surface area contributed by atoms with Crippen LogP contribution in [0.2, 0.25) is 0 Å². The van der Waals surface area contributed by atoms with E-state index in [1.165, 1.54) is 4.90 Å². The third-order valence-corrected chi connectivity index (χ3v) is 5.46. The minimum absolute atomic E-state index is 0.0945. The first-order valence-electron chi connectivity index (χ1n) is 10.5. The quantitative estimate of drug-likeness (QED) is 0.575. The van der Waals surface area contributed by atoms with Crippen LogP contribution in [0.25, 0.3) is 0 Å². The number of piperazine rings is 1. The van der Waals surface area contributed by atoms with E-state index >= 15 is 0 Å². The minimum Gasteiger partial charge on any atom is -0.480 e. The topological polar surface area (TPSA) is 106 Å². The highest BCUT2D eigenvalue weighted by Gasteiger charge is 2.33. The van der Waals surface area contributed by atoms with Crippen molar-refractivity contribution in [2.75, 3.05) is 13.1 Å². The minimum atomic E-state index is -1.06. The predicted octanol–water partition coefficient (Wildman–Crippen LogP) is 3.11. The molecule has 4 rings (SSSR count). The van der Waals surface area contributed by atoms with Crippen molar-refractivity contribution >= 4 is 23.3 Å². The molecule has 1 unspecified atom stereocenters. The Hall–Kier alpha value is -4.28. The van der Waals surface area contributed by atoms with E-state index in [0.29, 0.717) is 22.5 Å². The van der Waals surface area contributed by atoms with Gasteiger partial charge in [-0.05, 0) is 17.7 Å². The molecule has 1 atom stereocenters. The number of amides is 1. The van der Waals surface area contributed by atoms with Crippen LogP contribution >= 0.6 is 0 Å². The highest BCUT2D eigenvalue weighted by molar-refractivity contribution is 6.14. The van der Waals surface area contributed by atoms with E-state index in [1.807, 2.05) is 60.7 Å². The Morgan fingerprint density at radius 2 is 1.70 bits per heavy atom. The highest BCUT2D eigenvalue weighted by Crippen LogP contribution is 2.25. The number of nitrogens with zero attached hydrogens (tertiary/aromatic N) is 3. The number of carboxylic acids is 1. The Labute approximate surface area is 191 Å². The third kappa shape index (κ3) is 4.97. The number of hydrogen-bond donors (Lipinski definition) is 2. The fourth-order valence-corrected chi connectivity index (χ4v) is 3.79. The van der Waals surface area contributed by atoms with E-state index in [0.717, 1.165) is 11.1 Å². The molecule has 1 saturated heterocycles. The largest absolute Gasteiger partial charge is 0.480 e. The van der Waals surface area contributed by atoms with Crippen LogP contribution in [-0.2, 0) is 16.1 Å². The van der Waals surface area contributed by atoms with Crippen LogP contribution in [0, 0.1) is 11.3 Å². The number of aliphatic imine (C=N–C) groups is 1. The predicted molar refractivity (Wildman–Crippen MR) is 124 cm³/mol. The lowest BCUT2D eigenvalue weighted by atomic mass is 10.0. The molecule has 1 heterocycles. The Morgan fingerprint density at radius 3 is 2.27 bits per heavy atom. The number of nitrogens with one attached hydrogen (secondary N) is 1. The molecule has 164 valence electrons. The normalized spacial score (nSPS) is 15.5. The van der Waals surface area contributed by atoms with E-state index in [2.05, 4.69) is 11.4 Å². The maximum atomic E-state index is 12.4. The second-order valence-corrected chi connectivity index (χ2v) is 7.66. The van der Waals surface area contributed by atoms with E-state index in [-0.39, 0.29) is 25.5 Å². The van der Waals surface area contributed by atoms with E-state index in [9.17, 15) is 20.0 Å². The molecule has 33 heavy (non-hydrogen) atoms. The van der Waals surface area contributed by atoms with Gasteiger partial charge in [0.2, 0.25) is 5.91 Å². The summed E-state index contributed by atoms with van der Waals surface area (Å²) in [6.07, 6.45) is 0. The van der Waals surface area contributed by atoms with Gasteiger partial charge in [-0.15, -0.1) is 0 Å². The van der Waals surface area contributed by atoms with Gasteiger partial charge in [-0.25, -0.2) is 9.79 Å². The van der Waals surface area contributed by atoms with Crippen LogP contribution in [0.1, 0.15) is 22.3 Å². The molecule has 3 aromatic carbocycles. The summed E-state index contributed by atoms with van der Waals surface area (Å²) in [7, 11) is 0. The van der Waals surface area contributed by atoms with Gasteiger partial charge >= 0.3 is 5.97 Å². The molecule has 0 spiro atoms. The molecule has 7 nitrogen and oxygen atoms in total. The number of benzene rings is 3. The van der Waals surface area contributed by atoms with Gasteiger partial charge in [0.15, 0.2) is 0 Å². The summed E-state index contributed by atoms with van der Waals surface area (Å²) in [5.41, 5.74) is 4.08.